The van der Waals surface area contributed by atoms with Gasteiger partial charge in [-0.1, -0.05) is 60.0 Å². The van der Waals surface area contributed by atoms with Crippen LogP contribution in [-0.2, 0) is 6.42 Å². The number of benzene rings is 2. The van der Waals surface area contributed by atoms with Crippen molar-refractivity contribution in [3.05, 3.63) is 35.9 Å². The summed E-state index contributed by atoms with van der Waals surface area (Å²) in [7, 11) is 0. The third-order valence-electron chi connectivity index (χ3n) is 3.99. The van der Waals surface area contributed by atoms with E-state index < -0.39 is 0 Å². The van der Waals surface area contributed by atoms with Crippen LogP contribution >= 0.6 is 15.9 Å². The Labute approximate surface area is 148 Å². The number of alkyl halides is 1. The topological polar surface area (TPSA) is 18.5 Å². The van der Waals surface area contributed by atoms with Crippen LogP contribution in [0.3, 0.4) is 0 Å². The molecule has 0 atom stereocenters. The number of fused-ring (bicyclic) bond motifs is 1. The van der Waals surface area contributed by atoms with Crippen molar-refractivity contribution >= 4 is 26.7 Å². The zero-order valence-electron chi connectivity index (χ0n) is 14.2. The summed E-state index contributed by atoms with van der Waals surface area (Å²) in [5, 5.41) is 3.40. The fourth-order valence-corrected chi connectivity index (χ4v) is 3.20. The van der Waals surface area contributed by atoms with Crippen molar-refractivity contribution in [3.8, 4) is 11.5 Å². The van der Waals surface area contributed by atoms with Gasteiger partial charge in [-0.3, -0.25) is 0 Å². The first-order chi connectivity index (χ1) is 11.3. The van der Waals surface area contributed by atoms with Gasteiger partial charge in [0.25, 0.3) is 0 Å². The molecule has 0 aliphatic carbocycles. The van der Waals surface area contributed by atoms with E-state index in [-0.39, 0.29) is 0 Å². The highest BCUT2D eigenvalue weighted by Gasteiger charge is 2.12. The zero-order valence-corrected chi connectivity index (χ0v) is 15.8. The Kier molecular flexibility index (Phi) is 7.73. The molecule has 0 spiro atoms. The Morgan fingerprint density at radius 3 is 2.35 bits per heavy atom. The van der Waals surface area contributed by atoms with Crippen LogP contribution in [0.1, 0.15) is 45.1 Å². The van der Waals surface area contributed by atoms with Gasteiger partial charge in [-0.15, -0.1) is 0 Å². The molecule has 0 saturated heterocycles. The lowest BCUT2D eigenvalue weighted by Crippen LogP contribution is -2.02. The highest BCUT2D eigenvalue weighted by atomic mass is 79.9. The molecule has 0 heterocycles. The predicted octanol–water partition coefficient (Wildman–Crippen LogP) is 6.14. The summed E-state index contributed by atoms with van der Waals surface area (Å²) in [5.74, 6) is 2.00. The molecular formula is C20H27BrO2. The van der Waals surface area contributed by atoms with Crippen molar-refractivity contribution in [2.45, 2.75) is 46.0 Å². The molecule has 0 aromatic heterocycles. The van der Waals surface area contributed by atoms with E-state index in [4.69, 9.17) is 9.47 Å². The van der Waals surface area contributed by atoms with E-state index in [1.54, 1.807) is 0 Å². The summed E-state index contributed by atoms with van der Waals surface area (Å²) in [6.45, 7) is 5.66. The standard InChI is InChI=1S/C20H27BrO2/c1-3-16-15-19(23-14-10-6-5-9-13-21)17-11-7-8-12-18(17)20(16)22-4-2/h7-8,11-12,15H,3-6,9-10,13-14H2,1-2H3. The highest BCUT2D eigenvalue weighted by molar-refractivity contribution is 9.09. The molecule has 2 aromatic rings. The van der Waals surface area contributed by atoms with Crippen LogP contribution in [0, 0.1) is 0 Å². The Hall–Kier alpha value is -1.22. The Morgan fingerprint density at radius 2 is 1.65 bits per heavy atom. The Bertz CT molecular complexity index is 610. The quantitative estimate of drug-likeness (QED) is 0.365. The molecule has 0 fully saturated rings. The van der Waals surface area contributed by atoms with Crippen LogP contribution in [0.2, 0.25) is 0 Å². The Morgan fingerprint density at radius 1 is 0.913 bits per heavy atom. The van der Waals surface area contributed by atoms with Crippen molar-refractivity contribution in [2.24, 2.45) is 0 Å². The molecule has 0 aliphatic rings. The van der Waals surface area contributed by atoms with Gasteiger partial charge in [0.15, 0.2) is 0 Å². The molecule has 2 nitrogen and oxygen atoms in total. The van der Waals surface area contributed by atoms with Gasteiger partial charge in [-0.2, -0.15) is 0 Å². The normalized spacial score (nSPS) is 10.9. The fourth-order valence-electron chi connectivity index (χ4n) is 2.80. The number of hydrogen-bond donors (Lipinski definition) is 0. The lowest BCUT2D eigenvalue weighted by molar-refractivity contribution is 0.306. The van der Waals surface area contributed by atoms with Crippen LogP contribution in [0.15, 0.2) is 30.3 Å². The Balaban J connectivity index is 2.17. The fraction of sp³-hybridized carbons (Fsp3) is 0.500. The smallest absolute Gasteiger partial charge is 0.130 e. The lowest BCUT2D eigenvalue weighted by Gasteiger charge is -2.16. The molecule has 2 rings (SSSR count). The van der Waals surface area contributed by atoms with Crippen molar-refractivity contribution in [3.63, 3.8) is 0 Å². The first kappa shape index (κ1) is 18.1. The summed E-state index contributed by atoms with van der Waals surface area (Å²) >= 11 is 3.47. The van der Waals surface area contributed by atoms with E-state index in [1.807, 2.05) is 6.92 Å². The minimum absolute atomic E-state index is 0.685. The minimum atomic E-state index is 0.685. The van der Waals surface area contributed by atoms with E-state index in [9.17, 15) is 0 Å². The number of halogens is 1. The molecule has 0 bridgehead atoms. The minimum Gasteiger partial charge on any atom is -0.493 e. The maximum atomic E-state index is 6.11. The van der Waals surface area contributed by atoms with Gasteiger partial charge in [0.2, 0.25) is 0 Å². The van der Waals surface area contributed by atoms with E-state index >= 15 is 0 Å². The van der Waals surface area contributed by atoms with E-state index in [1.165, 1.54) is 24.8 Å². The van der Waals surface area contributed by atoms with E-state index in [2.05, 4.69) is 53.2 Å². The molecule has 126 valence electrons. The van der Waals surface area contributed by atoms with E-state index in [0.29, 0.717) is 6.61 Å². The highest BCUT2D eigenvalue weighted by Crippen LogP contribution is 2.37. The molecule has 23 heavy (non-hydrogen) atoms. The van der Waals surface area contributed by atoms with Crippen molar-refractivity contribution in [2.75, 3.05) is 18.5 Å². The van der Waals surface area contributed by atoms with Crippen LogP contribution in [-0.4, -0.2) is 18.5 Å². The number of ether oxygens (including phenoxy) is 2. The number of aryl methyl sites for hydroxylation is 1. The third-order valence-corrected chi connectivity index (χ3v) is 4.55. The molecule has 0 N–H and O–H groups in total. The second-order valence-electron chi connectivity index (χ2n) is 5.65. The average molecular weight is 379 g/mol. The summed E-state index contributed by atoms with van der Waals surface area (Å²) in [5.41, 5.74) is 1.22. The zero-order chi connectivity index (χ0) is 16.5. The molecular weight excluding hydrogens is 352 g/mol. The van der Waals surface area contributed by atoms with Gasteiger partial charge in [-0.05, 0) is 37.8 Å². The lowest BCUT2D eigenvalue weighted by atomic mass is 10.0. The van der Waals surface area contributed by atoms with Crippen LogP contribution in [0.4, 0.5) is 0 Å². The second kappa shape index (κ2) is 9.82. The van der Waals surface area contributed by atoms with Crippen LogP contribution in [0.25, 0.3) is 10.8 Å². The van der Waals surface area contributed by atoms with Gasteiger partial charge < -0.3 is 9.47 Å². The number of hydrogen-bond acceptors (Lipinski definition) is 2. The summed E-state index contributed by atoms with van der Waals surface area (Å²) < 4.78 is 12.0. The molecule has 0 aliphatic heterocycles. The van der Waals surface area contributed by atoms with Crippen molar-refractivity contribution in [1.82, 2.24) is 0 Å². The first-order valence-corrected chi connectivity index (χ1v) is 9.80. The van der Waals surface area contributed by atoms with E-state index in [0.717, 1.165) is 47.1 Å². The summed E-state index contributed by atoms with van der Waals surface area (Å²) in [6.07, 6.45) is 5.78. The molecule has 0 amide bonds. The monoisotopic (exact) mass is 378 g/mol. The van der Waals surface area contributed by atoms with Crippen molar-refractivity contribution < 1.29 is 9.47 Å². The number of unbranched alkanes of at least 4 members (excludes halogenated alkanes) is 3. The van der Waals surface area contributed by atoms with Gasteiger partial charge >= 0.3 is 0 Å². The number of rotatable bonds is 10. The average Bonchev–Trinajstić information content (AvgIpc) is 2.59. The third kappa shape index (κ3) is 4.87. The molecule has 3 heteroatoms. The van der Waals surface area contributed by atoms with Gasteiger partial charge in [-0.25, -0.2) is 0 Å². The maximum absolute atomic E-state index is 6.11. The van der Waals surface area contributed by atoms with Gasteiger partial charge in [0.1, 0.15) is 11.5 Å². The van der Waals surface area contributed by atoms with Crippen molar-refractivity contribution in [1.29, 1.82) is 0 Å². The molecule has 0 unspecified atom stereocenters. The molecule has 0 radical (unpaired) electrons. The largest absolute Gasteiger partial charge is 0.493 e. The maximum Gasteiger partial charge on any atom is 0.130 e. The first-order valence-electron chi connectivity index (χ1n) is 8.68. The second-order valence-corrected chi connectivity index (χ2v) is 6.44. The predicted molar refractivity (Wildman–Crippen MR) is 102 cm³/mol. The molecule has 0 saturated carbocycles. The summed E-state index contributed by atoms with van der Waals surface area (Å²) in [6, 6.07) is 10.5. The van der Waals surface area contributed by atoms with Gasteiger partial charge in [0, 0.05) is 16.1 Å². The van der Waals surface area contributed by atoms with Crippen LogP contribution < -0.4 is 9.47 Å². The van der Waals surface area contributed by atoms with Crippen LogP contribution in [0.5, 0.6) is 11.5 Å². The summed E-state index contributed by atoms with van der Waals surface area (Å²) in [4.78, 5) is 0. The molecule has 2 aromatic carbocycles. The SMILES string of the molecule is CCOc1c(CC)cc(OCCCCCCBr)c2ccccc12. The van der Waals surface area contributed by atoms with Gasteiger partial charge in [0.05, 0.1) is 13.2 Å².